The lowest BCUT2D eigenvalue weighted by atomic mass is 9.82. The fourth-order valence-electron chi connectivity index (χ4n) is 5.04. The fraction of sp³-hybridized carbons (Fsp3) is 0.656. The Morgan fingerprint density at radius 1 is 0.921 bits per heavy atom. The highest BCUT2D eigenvalue weighted by atomic mass is 16.5. The van der Waals surface area contributed by atoms with Crippen LogP contribution in [0.1, 0.15) is 67.2 Å². The second kappa shape index (κ2) is 17.6. The van der Waals surface area contributed by atoms with Gasteiger partial charge < -0.3 is 25.2 Å². The molecule has 11 atom stereocenters. The minimum Gasteiger partial charge on any atom is -0.458 e. The molecule has 0 aliphatic carbocycles. The molecule has 0 spiro atoms. The minimum absolute atomic E-state index is 0.0366. The van der Waals surface area contributed by atoms with Gasteiger partial charge in [0, 0.05) is 36.2 Å². The molecule has 0 aromatic rings. The zero-order chi connectivity index (χ0) is 28.8. The zero-order valence-electron chi connectivity index (χ0n) is 24.2. The van der Waals surface area contributed by atoms with Crippen molar-refractivity contribution in [1.82, 2.24) is 0 Å². The molecular formula is C32H52O6. The van der Waals surface area contributed by atoms with Crippen molar-refractivity contribution in [3.8, 4) is 0 Å². The maximum absolute atomic E-state index is 12.6. The normalized spacial score (nSPS) is 39.9. The summed E-state index contributed by atoms with van der Waals surface area (Å²) >= 11 is 0. The average molecular weight is 533 g/mol. The highest BCUT2D eigenvalue weighted by molar-refractivity contribution is 5.82. The van der Waals surface area contributed by atoms with Crippen LogP contribution < -0.4 is 0 Å². The highest BCUT2D eigenvalue weighted by Crippen LogP contribution is 2.28. The molecule has 0 saturated heterocycles. The zero-order valence-corrected chi connectivity index (χ0v) is 24.2. The molecule has 0 fully saturated rings. The van der Waals surface area contributed by atoms with Crippen molar-refractivity contribution < 1.29 is 30.0 Å². The molecule has 0 saturated carbocycles. The molecule has 216 valence electrons. The molecule has 0 bridgehead atoms. The molecule has 0 aromatic heterocycles. The number of esters is 1. The van der Waals surface area contributed by atoms with Crippen LogP contribution in [0.4, 0.5) is 0 Å². The standard InChI is InChI=1S/C32H52O6/c1-8-9-12-24(5)32-26(7)28(34)18-15-21(2)19-25(6)31(37)23(4)16-17-27(33)20-29(35)22(3)13-10-11-14-30(36)38-32/h8-14,16-17,21-29,31-35,37H,1,15,18-20H2,2-7H3/b12-9+,13-10+,14-11-,17-16?/t21-,22-,23-,24-,25-,26-,27+,28+,29-,31-,32-/m0/s1. The van der Waals surface area contributed by atoms with Crippen LogP contribution in [0.5, 0.6) is 0 Å². The monoisotopic (exact) mass is 532 g/mol. The van der Waals surface area contributed by atoms with Crippen LogP contribution in [0.2, 0.25) is 0 Å². The lowest BCUT2D eigenvalue weighted by Crippen LogP contribution is -2.37. The van der Waals surface area contributed by atoms with Crippen LogP contribution >= 0.6 is 0 Å². The van der Waals surface area contributed by atoms with E-state index in [0.29, 0.717) is 6.42 Å². The van der Waals surface area contributed by atoms with Crippen LogP contribution in [-0.2, 0) is 9.53 Å². The Labute approximate surface area is 230 Å². The van der Waals surface area contributed by atoms with Gasteiger partial charge >= 0.3 is 5.97 Å². The van der Waals surface area contributed by atoms with E-state index in [0.717, 1.165) is 12.8 Å². The Bertz CT molecular complexity index is 815. The van der Waals surface area contributed by atoms with Gasteiger partial charge in [0.1, 0.15) is 6.10 Å². The molecule has 4 N–H and O–H groups in total. The largest absolute Gasteiger partial charge is 0.458 e. The number of hydrogen-bond acceptors (Lipinski definition) is 6. The number of carbonyl (C=O) groups is 1. The Hall–Kier alpha value is -1.99. The smallest absolute Gasteiger partial charge is 0.331 e. The summed E-state index contributed by atoms with van der Waals surface area (Å²) in [6.45, 7) is 15.5. The summed E-state index contributed by atoms with van der Waals surface area (Å²) in [6.07, 6.45) is 14.2. The van der Waals surface area contributed by atoms with Crippen molar-refractivity contribution in [1.29, 1.82) is 0 Å². The summed E-state index contributed by atoms with van der Waals surface area (Å²) < 4.78 is 5.81. The summed E-state index contributed by atoms with van der Waals surface area (Å²) in [5.74, 6) is -0.976. The molecule has 0 aromatic carbocycles. The molecule has 1 aliphatic heterocycles. The van der Waals surface area contributed by atoms with E-state index < -0.39 is 36.5 Å². The van der Waals surface area contributed by atoms with E-state index in [9.17, 15) is 25.2 Å². The number of aliphatic hydroxyl groups is 4. The third-order valence-corrected chi connectivity index (χ3v) is 7.78. The van der Waals surface area contributed by atoms with E-state index in [2.05, 4.69) is 13.5 Å². The first-order valence-electron chi connectivity index (χ1n) is 14.1. The maximum Gasteiger partial charge on any atom is 0.331 e. The molecule has 1 aliphatic rings. The molecule has 6 nitrogen and oxygen atoms in total. The molecule has 38 heavy (non-hydrogen) atoms. The van der Waals surface area contributed by atoms with Gasteiger partial charge in [0.2, 0.25) is 0 Å². The predicted molar refractivity (Wildman–Crippen MR) is 154 cm³/mol. The van der Waals surface area contributed by atoms with Gasteiger partial charge in [-0.2, -0.15) is 0 Å². The second-order valence-electron chi connectivity index (χ2n) is 11.4. The van der Waals surface area contributed by atoms with E-state index in [1.165, 1.54) is 6.08 Å². The number of allylic oxidation sites excluding steroid dienone is 4. The Balaban J connectivity index is 3.17. The van der Waals surface area contributed by atoms with E-state index in [1.54, 1.807) is 30.4 Å². The maximum atomic E-state index is 12.6. The van der Waals surface area contributed by atoms with Gasteiger partial charge in [0.25, 0.3) is 0 Å². The quantitative estimate of drug-likeness (QED) is 0.228. The highest BCUT2D eigenvalue weighted by Gasteiger charge is 2.31. The summed E-state index contributed by atoms with van der Waals surface area (Å²) in [5.41, 5.74) is 0. The number of aliphatic hydroxyl groups excluding tert-OH is 4. The topological polar surface area (TPSA) is 107 Å². The Kier molecular flexibility index (Phi) is 15.7. The average Bonchev–Trinajstić information content (AvgIpc) is 2.88. The van der Waals surface area contributed by atoms with Gasteiger partial charge in [-0.1, -0.05) is 96.7 Å². The van der Waals surface area contributed by atoms with Gasteiger partial charge in [-0.05, 0) is 31.1 Å². The van der Waals surface area contributed by atoms with Gasteiger partial charge in [-0.25, -0.2) is 4.79 Å². The fourth-order valence-corrected chi connectivity index (χ4v) is 5.04. The van der Waals surface area contributed by atoms with E-state index in [1.807, 2.05) is 52.8 Å². The van der Waals surface area contributed by atoms with Crippen LogP contribution in [0, 0.1) is 35.5 Å². The summed E-state index contributed by atoms with van der Waals surface area (Å²) in [7, 11) is 0. The van der Waals surface area contributed by atoms with E-state index in [4.69, 9.17) is 4.74 Å². The molecule has 1 rings (SSSR count). The van der Waals surface area contributed by atoms with Crippen molar-refractivity contribution in [3.63, 3.8) is 0 Å². The van der Waals surface area contributed by atoms with Crippen LogP contribution in [0.15, 0.2) is 61.3 Å². The number of cyclic esters (lactones) is 1. The first-order valence-corrected chi connectivity index (χ1v) is 14.1. The SMILES string of the molecule is C=C/C=C/[C@H](C)[C@@H]1OC(=O)/C=C\C=C\[C@H](C)[C@@H](O)C[C@H](O)C=C[C@H](C)[C@H](O)[C@@H](C)C[C@@H](C)CC[C@@H](O)[C@@H]1C. The first kappa shape index (κ1) is 34.0. The summed E-state index contributed by atoms with van der Waals surface area (Å²) in [5, 5.41) is 42.7. The van der Waals surface area contributed by atoms with Crippen molar-refractivity contribution >= 4 is 5.97 Å². The van der Waals surface area contributed by atoms with Gasteiger partial charge in [-0.3, -0.25) is 0 Å². The number of carbonyl (C=O) groups excluding carboxylic acids is 1. The van der Waals surface area contributed by atoms with E-state index >= 15 is 0 Å². The summed E-state index contributed by atoms with van der Waals surface area (Å²) in [6, 6.07) is 0. The summed E-state index contributed by atoms with van der Waals surface area (Å²) in [4.78, 5) is 12.6. The van der Waals surface area contributed by atoms with Crippen molar-refractivity contribution in [2.75, 3.05) is 0 Å². The van der Waals surface area contributed by atoms with Crippen LogP contribution in [-0.4, -0.2) is 56.9 Å². The molecule has 0 amide bonds. The molecular weight excluding hydrogens is 480 g/mol. The van der Waals surface area contributed by atoms with Crippen LogP contribution in [0.3, 0.4) is 0 Å². The Morgan fingerprint density at radius 2 is 1.61 bits per heavy atom. The molecule has 1 heterocycles. The Morgan fingerprint density at radius 3 is 2.26 bits per heavy atom. The van der Waals surface area contributed by atoms with Crippen molar-refractivity contribution in [2.45, 2.75) is 97.7 Å². The third kappa shape index (κ3) is 12.2. The van der Waals surface area contributed by atoms with Gasteiger partial charge in [0.05, 0.1) is 24.4 Å². The van der Waals surface area contributed by atoms with Gasteiger partial charge in [0.15, 0.2) is 0 Å². The predicted octanol–water partition coefficient (Wildman–Crippen LogP) is 5.14. The number of rotatable bonds is 3. The lowest BCUT2D eigenvalue weighted by molar-refractivity contribution is -0.150. The molecule has 0 unspecified atom stereocenters. The van der Waals surface area contributed by atoms with Crippen molar-refractivity contribution in [2.24, 2.45) is 35.5 Å². The number of hydrogen-bond donors (Lipinski definition) is 4. The first-order chi connectivity index (χ1) is 17.9. The number of ether oxygens (including phenoxy) is 1. The molecule has 6 heteroatoms. The van der Waals surface area contributed by atoms with Crippen molar-refractivity contribution in [3.05, 3.63) is 61.3 Å². The third-order valence-electron chi connectivity index (χ3n) is 7.78. The molecule has 0 radical (unpaired) electrons. The van der Waals surface area contributed by atoms with E-state index in [-0.39, 0.29) is 41.9 Å². The minimum atomic E-state index is -0.828. The second-order valence-corrected chi connectivity index (χ2v) is 11.4. The van der Waals surface area contributed by atoms with Gasteiger partial charge in [-0.15, -0.1) is 0 Å². The van der Waals surface area contributed by atoms with Crippen LogP contribution in [0.25, 0.3) is 0 Å². The lowest BCUT2D eigenvalue weighted by Gasteiger charge is -2.31.